The number of aryl methyl sites for hydroxylation is 1. The van der Waals surface area contributed by atoms with Gasteiger partial charge in [0, 0.05) is 30.9 Å². The Balaban J connectivity index is 1.88. The number of aromatic nitrogens is 2. The molecule has 0 spiro atoms. The summed E-state index contributed by atoms with van der Waals surface area (Å²) in [5.41, 5.74) is 6.30. The zero-order valence-corrected chi connectivity index (χ0v) is 10.9. The molecule has 6 heteroatoms. The van der Waals surface area contributed by atoms with Gasteiger partial charge in [0.2, 0.25) is 0 Å². The standard InChI is InChI=1S/C14H17F2N3O/c15-10-5-9(6-11(16)8-10)7-12(17)13(20)1-2-14-18-3-4-19-14/h3-6,8,12-13,20H,1-2,7,17H2,(H,18,19). The van der Waals surface area contributed by atoms with Crippen molar-refractivity contribution in [1.29, 1.82) is 0 Å². The number of benzene rings is 1. The second kappa shape index (κ2) is 6.58. The molecule has 2 aromatic rings. The van der Waals surface area contributed by atoms with Gasteiger partial charge in [0.1, 0.15) is 17.5 Å². The van der Waals surface area contributed by atoms with Crippen molar-refractivity contribution in [2.45, 2.75) is 31.4 Å². The van der Waals surface area contributed by atoms with Crippen LogP contribution in [0.2, 0.25) is 0 Å². The number of halogens is 2. The predicted molar refractivity (Wildman–Crippen MR) is 71.0 cm³/mol. The van der Waals surface area contributed by atoms with Crippen LogP contribution in [0.15, 0.2) is 30.6 Å². The molecule has 20 heavy (non-hydrogen) atoms. The molecule has 0 saturated heterocycles. The van der Waals surface area contributed by atoms with Crippen molar-refractivity contribution < 1.29 is 13.9 Å². The molecule has 2 unspecified atom stereocenters. The molecule has 2 rings (SSSR count). The van der Waals surface area contributed by atoms with Crippen LogP contribution < -0.4 is 5.73 Å². The molecule has 2 atom stereocenters. The van der Waals surface area contributed by atoms with E-state index in [1.165, 1.54) is 12.1 Å². The van der Waals surface area contributed by atoms with Gasteiger partial charge in [-0.25, -0.2) is 13.8 Å². The summed E-state index contributed by atoms with van der Waals surface area (Å²) in [5.74, 6) is -0.511. The summed E-state index contributed by atoms with van der Waals surface area (Å²) in [6.45, 7) is 0. The van der Waals surface area contributed by atoms with Gasteiger partial charge in [-0.15, -0.1) is 0 Å². The van der Waals surface area contributed by atoms with E-state index in [1.54, 1.807) is 12.4 Å². The normalized spacial score (nSPS) is 14.2. The summed E-state index contributed by atoms with van der Waals surface area (Å²) < 4.78 is 26.1. The van der Waals surface area contributed by atoms with Crippen molar-refractivity contribution in [3.8, 4) is 0 Å². The first-order valence-electron chi connectivity index (χ1n) is 6.41. The lowest BCUT2D eigenvalue weighted by Crippen LogP contribution is -2.37. The van der Waals surface area contributed by atoms with E-state index >= 15 is 0 Å². The van der Waals surface area contributed by atoms with E-state index < -0.39 is 23.8 Å². The molecule has 0 radical (unpaired) electrons. The maximum absolute atomic E-state index is 13.1. The van der Waals surface area contributed by atoms with Crippen molar-refractivity contribution in [2.75, 3.05) is 0 Å². The molecule has 0 saturated carbocycles. The van der Waals surface area contributed by atoms with Crippen LogP contribution in [-0.2, 0) is 12.8 Å². The van der Waals surface area contributed by atoms with Crippen LogP contribution in [0.1, 0.15) is 17.8 Å². The lowest BCUT2D eigenvalue weighted by molar-refractivity contribution is 0.134. The van der Waals surface area contributed by atoms with Crippen LogP contribution in [0.5, 0.6) is 0 Å². The van der Waals surface area contributed by atoms with E-state index in [0.29, 0.717) is 18.4 Å². The minimum Gasteiger partial charge on any atom is -0.391 e. The first-order chi connectivity index (χ1) is 9.54. The van der Waals surface area contributed by atoms with E-state index in [-0.39, 0.29) is 6.42 Å². The third kappa shape index (κ3) is 4.11. The highest BCUT2D eigenvalue weighted by Gasteiger charge is 2.16. The van der Waals surface area contributed by atoms with Crippen molar-refractivity contribution in [2.24, 2.45) is 5.73 Å². The predicted octanol–water partition coefficient (Wildman–Crippen LogP) is 1.55. The zero-order chi connectivity index (χ0) is 14.5. The maximum atomic E-state index is 13.1. The van der Waals surface area contributed by atoms with Gasteiger partial charge in [-0.2, -0.15) is 0 Å². The third-order valence-electron chi connectivity index (χ3n) is 3.12. The second-order valence-electron chi connectivity index (χ2n) is 4.79. The van der Waals surface area contributed by atoms with E-state index in [2.05, 4.69) is 9.97 Å². The number of aliphatic hydroxyl groups is 1. The van der Waals surface area contributed by atoms with Gasteiger partial charge in [0.15, 0.2) is 0 Å². The Morgan fingerprint density at radius 1 is 1.25 bits per heavy atom. The summed E-state index contributed by atoms with van der Waals surface area (Å²) in [7, 11) is 0. The fourth-order valence-electron chi connectivity index (χ4n) is 2.07. The van der Waals surface area contributed by atoms with E-state index in [9.17, 15) is 13.9 Å². The van der Waals surface area contributed by atoms with Crippen LogP contribution in [0.3, 0.4) is 0 Å². The van der Waals surface area contributed by atoms with Gasteiger partial charge in [-0.1, -0.05) is 0 Å². The first-order valence-corrected chi connectivity index (χ1v) is 6.41. The summed E-state index contributed by atoms with van der Waals surface area (Å²) in [6, 6.07) is 2.68. The molecule has 0 aliphatic carbocycles. The minimum absolute atomic E-state index is 0.216. The Labute approximate surface area is 115 Å². The molecular weight excluding hydrogens is 264 g/mol. The number of hydrogen-bond donors (Lipinski definition) is 3. The van der Waals surface area contributed by atoms with E-state index in [1.807, 2.05) is 0 Å². The van der Waals surface area contributed by atoms with Crippen molar-refractivity contribution in [1.82, 2.24) is 9.97 Å². The largest absolute Gasteiger partial charge is 0.391 e. The quantitative estimate of drug-likeness (QED) is 0.752. The number of nitrogens with two attached hydrogens (primary N) is 1. The van der Waals surface area contributed by atoms with Crippen molar-refractivity contribution in [3.63, 3.8) is 0 Å². The highest BCUT2D eigenvalue weighted by atomic mass is 19.1. The number of imidazole rings is 1. The minimum atomic E-state index is -0.758. The molecule has 4 nitrogen and oxygen atoms in total. The third-order valence-corrected chi connectivity index (χ3v) is 3.12. The summed E-state index contributed by atoms with van der Waals surface area (Å²) in [5, 5.41) is 9.96. The van der Waals surface area contributed by atoms with Crippen LogP contribution in [0.4, 0.5) is 8.78 Å². The number of aliphatic hydroxyl groups excluding tert-OH is 1. The Morgan fingerprint density at radius 2 is 1.95 bits per heavy atom. The van der Waals surface area contributed by atoms with E-state index in [0.717, 1.165) is 11.9 Å². The van der Waals surface area contributed by atoms with Crippen LogP contribution in [0, 0.1) is 11.6 Å². The average Bonchev–Trinajstić information content (AvgIpc) is 2.87. The van der Waals surface area contributed by atoms with Crippen LogP contribution >= 0.6 is 0 Å². The van der Waals surface area contributed by atoms with Gasteiger partial charge in [-0.05, 0) is 30.5 Å². The molecule has 1 aromatic heterocycles. The maximum Gasteiger partial charge on any atom is 0.126 e. The molecule has 0 fully saturated rings. The monoisotopic (exact) mass is 281 g/mol. The molecule has 4 N–H and O–H groups in total. The topological polar surface area (TPSA) is 74.9 Å². The Morgan fingerprint density at radius 3 is 2.55 bits per heavy atom. The number of nitrogens with zero attached hydrogens (tertiary/aromatic N) is 1. The van der Waals surface area contributed by atoms with Crippen LogP contribution in [-0.4, -0.2) is 27.2 Å². The summed E-state index contributed by atoms with van der Waals surface area (Å²) in [6.07, 6.45) is 3.81. The van der Waals surface area contributed by atoms with Crippen molar-refractivity contribution >= 4 is 0 Å². The van der Waals surface area contributed by atoms with Crippen LogP contribution in [0.25, 0.3) is 0 Å². The van der Waals surface area contributed by atoms with Gasteiger partial charge in [-0.3, -0.25) is 0 Å². The summed E-state index contributed by atoms with van der Waals surface area (Å²) in [4.78, 5) is 6.98. The molecule has 0 amide bonds. The smallest absolute Gasteiger partial charge is 0.126 e. The first kappa shape index (κ1) is 14.6. The molecule has 0 aliphatic heterocycles. The second-order valence-corrected chi connectivity index (χ2v) is 4.79. The van der Waals surface area contributed by atoms with Gasteiger partial charge < -0.3 is 15.8 Å². The highest BCUT2D eigenvalue weighted by Crippen LogP contribution is 2.12. The van der Waals surface area contributed by atoms with E-state index in [4.69, 9.17) is 5.73 Å². The number of aromatic amines is 1. The Hall–Kier alpha value is -1.79. The lowest BCUT2D eigenvalue weighted by Gasteiger charge is -2.18. The van der Waals surface area contributed by atoms with Gasteiger partial charge in [0.25, 0.3) is 0 Å². The molecular formula is C14H17F2N3O. The summed E-state index contributed by atoms with van der Waals surface area (Å²) >= 11 is 0. The van der Waals surface area contributed by atoms with Gasteiger partial charge in [0.05, 0.1) is 6.10 Å². The number of H-pyrrole nitrogens is 1. The number of hydrogen-bond acceptors (Lipinski definition) is 3. The molecule has 0 bridgehead atoms. The number of nitrogens with one attached hydrogen (secondary N) is 1. The SMILES string of the molecule is NC(Cc1cc(F)cc(F)c1)C(O)CCc1ncc[nH]1. The molecule has 1 heterocycles. The molecule has 1 aromatic carbocycles. The Bertz CT molecular complexity index is 525. The number of rotatable bonds is 6. The fourth-order valence-corrected chi connectivity index (χ4v) is 2.07. The highest BCUT2D eigenvalue weighted by molar-refractivity contribution is 5.19. The van der Waals surface area contributed by atoms with Crippen molar-refractivity contribution in [3.05, 3.63) is 53.6 Å². The molecule has 0 aliphatic rings. The van der Waals surface area contributed by atoms with Gasteiger partial charge >= 0.3 is 0 Å². The average molecular weight is 281 g/mol. The Kier molecular flexibility index (Phi) is 4.81. The molecule has 108 valence electrons. The lowest BCUT2D eigenvalue weighted by atomic mass is 9.99. The zero-order valence-electron chi connectivity index (χ0n) is 10.9. The fraction of sp³-hybridized carbons (Fsp3) is 0.357.